The van der Waals surface area contributed by atoms with Gasteiger partial charge in [0, 0.05) is 23.9 Å². The number of H-pyrrole nitrogens is 1. The van der Waals surface area contributed by atoms with Crippen LogP contribution in [0.3, 0.4) is 0 Å². The van der Waals surface area contributed by atoms with Gasteiger partial charge in [0.1, 0.15) is 11.4 Å². The highest BCUT2D eigenvalue weighted by Gasteiger charge is 2.36. The van der Waals surface area contributed by atoms with Crippen molar-refractivity contribution < 1.29 is 39.9 Å². The maximum absolute atomic E-state index is 14.6. The minimum Gasteiger partial charge on any atom is -0.397 e. The highest BCUT2D eigenvalue weighted by atomic mass is 19.4. The number of ether oxygens (including phenoxy) is 1. The van der Waals surface area contributed by atoms with Crippen LogP contribution in [-0.2, 0) is 17.5 Å². The normalized spacial score (nSPS) is 11.7. The highest BCUT2D eigenvalue weighted by Crippen LogP contribution is 2.29. The summed E-state index contributed by atoms with van der Waals surface area (Å²) in [5, 5.41) is 4.81. The van der Waals surface area contributed by atoms with Gasteiger partial charge in [-0.2, -0.15) is 27.1 Å². The van der Waals surface area contributed by atoms with E-state index in [4.69, 9.17) is 5.73 Å². The minimum absolute atomic E-state index is 0.0481. The quantitative estimate of drug-likeness (QED) is 0.195. The number of hydrogen-bond donors (Lipinski definition) is 2. The first-order valence-corrected chi connectivity index (χ1v) is 12.0. The van der Waals surface area contributed by atoms with Crippen molar-refractivity contribution in [3.05, 3.63) is 80.6 Å². The maximum atomic E-state index is 14.6. The molecule has 42 heavy (non-hydrogen) atoms. The molecule has 4 rings (SSSR count). The number of aromatic amines is 1. The van der Waals surface area contributed by atoms with Crippen LogP contribution in [0.15, 0.2) is 52.6 Å². The number of pyridine rings is 1. The first-order valence-electron chi connectivity index (χ1n) is 12.0. The molecule has 226 valence electrons. The second-order valence-corrected chi connectivity index (χ2v) is 8.59. The first kappa shape index (κ1) is 32.1. The van der Waals surface area contributed by atoms with Crippen molar-refractivity contribution in [3.8, 4) is 11.3 Å². The van der Waals surface area contributed by atoms with Crippen LogP contribution in [0.5, 0.6) is 0 Å². The molecule has 0 aliphatic rings. The molecule has 0 amide bonds. The number of nitrogen functional groups attached to an aromatic ring is 1. The van der Waals surface area contributed by atoms with Gasteiger partial charge in [0.25, 0.3) is 17.5 Å². The van der Waals surface area contributed by atoms with Crippen molar-refractivity contribution >= 4 is 16.6 Å². The molecule has 0 radical (unpaired) electrons. The Hall–Kier alpha value is -4.41. The summed E-state index contributed by atoms with van der Waals surface area (Å²) in [6.45, 7) is -2.56. The summed E-state index contributed by atoms with van der Waals surface area (Å²) in [4.78, 5) is 31.2. The predicted octanol–water partition coefficient (Wildman–Crippen LogP) is 5.32. The highest BCUT2D eigenvalue weighted by molar-refractivity contribution is 5.83. The first-order chi connectivity index (χ1) is 19.8. The number of hydrogen-bond acceptors (Lipinski definition) is 7. The Morgan fingerprint density at radius 1 is 1.00 bits per heavy atom. The molecule has 9 nitrogen and oxygen atoms in total. The van der Waals surface area contributed by atoms with E-state index in [2.05, 4.69) is 19.8 Å². The van der Waals surface area contributed by atoms with Gasteiger partial charge in [-0.1, -0.05) is 0 Å². The molecule has 1 aromatic carbocycles. The number of alkyl halides is 7. The summed E-state index contributed by atoms with van der Waals surface area (Å²) in [6.07, 6.45) is -2.83. The van der Waals surface area contributed by atoms with Crippen LogP contribution in [0.2, 0.25) is 0 Å². The molecule has 0 atom stereocenters. The number of aryl methyl sites for hydroxylation is 1. The molecule has 0 saturated carbocycles. The average molecular weight is 606 g/mol. The molecule has 0 spiro atoms. The fourth-order valence-electron chi connectivity index (χ4n) is 3.67. The number of nitrogens with two attached hydrogens (primary N) is 1. The van der Waals surface area contributed by atoms with Crippen LogP contribution in [-0.4, -0.2) is 38.0 Å². The third kappa shape index (κ3) is 8.31. The molecule has 3 aromatic heterocycles. The molecular formula is C25H22F8N6O3. The van der Waals surface area contributed by atoms with Crippen LogP contribution in [0.25, 0.3) is 22.2 Å². The van der Waals surface area contributed by atoms with E-state index in [1.807, 2.05) is 0 Å². The van der Waals surface area contributed by atoms with Crippen molar-refractivity contribution in [2.45, 2.75) is 45.0 Å². The lowest BCUT2D eigenvalue weighted by molar-refractivity contribution is -0.138. The van der Waals surface area contributed by atoms with Gasteiger partial charge in [0.05, 0.1) is 41.4 Å². The standard InChI is InChI=1S/C20H18F5N3O2.C5H4F3N3O/c21-15-8-14-17(9-13(15)16-5-4-12(10-26-16)18(22)23)27-11-28(19(14)29)6-2-1-3-7-30-20(24)25;6-5(7,8)3-2(9)1-10-11-4(3)12/h4-5,8-11,18,20H,1-3,6-7H2;1H,(H3,9,11,12). The summed E-state index contributed by atoms with van der Waals surface area (Å²) in [7, 11) is 0. The SMILES string of the molecule is Nc1cn[nH]c(=O)c1C(F)(F)F.O=c1c2cc(F)c(-c3ccc(C(F)F)cn3)cc2ncn1CCCCCOC(F)F. The largest absolute Gasteiger partial charge is 0.423 e. The van der Waals surface area contributed by atoms with E-state index in [9.17, 15) is 44.7 Å². The number of nitrogens with one attached hydrogen (secondary N) is 1. The zero-order chi connectivity index (χ0) is 31.0. The smallest absolute Gasteiger partial charge is 0.397 e. The van der Waals surface area contributed by atoms with Crippen LogP contribution < -0.4 is 16.9 Å². The van der Waals surface area contributed by atoms with Crippen LogP contribution >= 0.6 is 0 Å². The average Bonchev–Trinajstić information content (AvgIpc) is 2.91. The molecule has 17 heteroatoms. The topological polar surface area (TPSA) is 129 Å². The third-order valence-electron chi connectivity index (χ3n) is 5.68. The summed E-state index contributed by atoms with van der Waals surface area (Å²) in [6, 6.07) is 4.84. The Balaban J connectivity index is 0.000000337. The lowest BCUT2D eigenvalue weighted by Gasteiger charge is -2.09. The Morgan fingerprint density at radius 3 is 2.31 bits per heavy atom. The third-order valence-corrected chi connectivity index (χ3v) is 5.68. The molecule has 0 saturated heterocycles. The van der Waals surface area contributed by atoms with Crippen molar-refractivity contribution in [2.75, 3.05) is 12.3 Å². The van der Waals surface area contributed by atoms with E-state index >= 15 is 0 Å². The molecule has 0 fully saturated rings. The minimum atomic E-state index is -4.74. The molecule has 0 unspecified atom stereocenters. The van der Waals surface area contributed by atoms with Gasteiger partial charge in [-0.3, -0.25) is 19.1 Å². The van der Waals surface area contributed by atoms with E-state index in [-0.39, 0.29) is 34.3 Å². The van der Waals surface area contributed by atoms with E-state index in [1.54, 1.807) is 5.10 Å². The Bertz CT molecular complexity index is 1610. The number of nitrogens with zero attached hydrogens (tertiary/aromatic N) is 4. The maximum Gasteiger partial charge on any atom is 0.423 e. The van der Waals surface area contributed by atoms with E-state index in [0.29, 0.717) is 25.8 Å². The molecule has 0 aliphatic heterocycles. The van der Waals surface area contributed by atoms with Crippen molar-refractivity contribution in [1.82, 2.24) is 24.7 Å². The number of aromatic nitrogens is 5. The van der Waals surface area contributed by atoms with Gasteiger partial charge in [0.15, 0.2) is 0 Å². The van der Waals surface area contributed by atoms with Crippen LogP contribution in [0.4, 0.5) is 40.8 Å². The van der Waals surface area contributed by atoms with E-state index < -0.39 is 47.4 Å². The lowest BCUT2D eigenvalue weighted by atomic mass is 10.1. The number of anilines is 1. The predicted molar refractivity (Wildman–Crippen MR) is 134 cm³/mol. The molecule has 0 aliphatic carbocycles. The number of fused-ring (bicyclic) bond motifs is 1. The second-order valence-electron chi connectivity index (χ2n) is 8.59. The zero-order valence-electron chi connectivity index (χ0n) is 21.3. The van der Waals surface area contributed by atoms with Gasteiger partial charge >= 0.3 is 12.8 Å². The molecule has 4 aromatic rings. The van der Waals surface area contributed by atoms with E-state index in [1.165, 1.54) is 23.0 Å². The van der Waals surface area contributed by atoms with E-state index in [0.717, 1.165) is 24.5 Å². The molecular weight excluding hydrogens is 584 g/mol. The van der Waals surface area contributed by atoms with Gasteiger partial charge < -0.3 is 10.5 Å². The monoisotopic (exact) mass is 606 g/mol. The van der Waals surface area contributed by atoms with Crippen molar-refractivity contribution in [1.29, 1.82) is 0 Å². The summed E-state index contributed by atoms with van der Waals surface area (Å²) < 4.78 is 105. The molecule has 0 bridgehead atoms. The number of unbranched alkanes of at least 4 members (excludes halogenated alkanes) is 2. The number of halogens is 8. The summed E-state index contributed by atoms with van der Waals surface area (Å²) >= 11 is 0. The van der Waals surface area contributed by atoms with Gasteiger partial charge in [-0.15, -0.1) is 0 Å². The summed E-state index contributed by atoms with van der Waals surface area (Å²) in [5.41, 5.74) is 1.23. The van der Waals surface area contributed by atoms with Gasteiger partial charge in [0.2, 0.25) is 0 Å². The Morgan fingerprint density at radius 2 is 1.74 bits per heavy atom. The molecule has 3 heterocycles. The molecule has 3 N–H and O–H groups in total. The second kappa shape index (κ2) is 14.0. The van der Waals surface area contributed by atoms with Gasteiger partial charge in [-0.25, -0.2) is 23.3 Å². The van der Waals surface area contributed by atoms with Crippen molar-refractivity contribution in [3.63, 3.8) is 0 Å². The van der Waals surface area contributed by atoms with Crippen molar-refractivity contribution in [2.24, 2.45) is 0 Å². The number of rotatable bonds is 9. The van der Waals surface area contributed by atoms with Gasteiger partial charge in [-0.05, 0) is 43.5 Å². The summed E-state index contributed by atoms with van der Waals surface area (Å²) in [5.74, 6) is -0.722. The lowest BCUT2D eigenvalue weighted by Crippen LogP contribution is -2.24. The fraction of sp³-hybridized carbons (Fsp3) is 0.320. The fourth-order valence-corrected chi connectivity index (χ4v) is 3.67. The zero-order valence-corrected chi connectivity index (χ0v) is 21.3. The van der Waals surface area contributed by atoms with Crippen LogP contribution in [0, 0.1) is 5.82 Å². The Labute approximate surface area is 231 Å². The Kier molecular flexibility index (Phi) is 10.7. The van der Waals surface area contributed by atoms with Crippen LogP contribution in [0.1, 0.15) is 36.8 Å². The number of benzene rings is 1.